The van der Waals surface area contributed by atoms with Crippen LogP contribution in [0.2, 0.25) is 0 Å². The summed E-state index contributed by atoms with van der Waals surface area (Å²) in [4.78, 5) is 11.8. The molecule has 0 heterocycles. The second kappa shape index (κ2) is 7.88. The van der Waals surface area contributed by atoms with Gasteiger partial charge < -0.3 is 9.84 Å². The van der Waals surface area contributed by atoms with Gasteiger partial charge in [0, 0.05) is 6.42 Å². The first-order valence-corrected chi connectivity index (χ1v) is 9.63. The van der Waals surface area contributed by atoms with Crippen LogP contribution < -0.4 is 4.72 Å². The number of hydrogen-bond acceptors (Lipinski definition) is 5. The predicted octanol–water partition coefficient (Wildman–Crippen LogP) is 3.18. The molecule has 140 valence electrons. The molecular formula is C19H23NO5S. The molecule has 1 unspecified atom stereocenters. The third kappa shape index (κ3) is 5.57. The quantitative estimate of drug-likeness (QED) is 0.835. The Hall–Kier alpha value is -2.38. The SMILES string of the molecule is CC(C)(C)OC(=O)NS(=O)(=O)c1ccccc1CC(O)c1ccccc1. The van der Waals surface area contributed by atoms with E-state index in [1.54, 1.807) is 63.2 Å². The van der Waals surface area contributed by atoms with Crippen LogP contribution in [0.4, 0.5) is 4.79 Å². The number of rotatable bonds is 5. The molecule has 0 bridgehead atoms. The zero-order valence-corrected chi connectivity index (χ0v) is 15.8. The van der Waals surface area contributed by atoms with Crippen LogP contribution in [0.25, 0.3) is 0 Å². The molecule has 6 nitrogen and oxygen atoms in total. The molecule has 2 aromatic carbocycles. The molecule has 0 aliphatic carbocycles. The highest BCUT2D eigenvalue weighted by Crippen LogP contribution is 2.23. The van der Waals surface area contributed by atoms with E-state index in [0.717, 1.165) is 0 Å². The molecule has 7 heteroatoms. The van der Waals surface area contributed by atoms with Crippen molar-refractivity contribution in [2.24, 2.45) is 0 Å². The fraction of sp³-hybridized carbons (Fsp3) is 0.316. The number of sulfonamides is 1. The summed E-state index contributed by atoms with van der Waals surface area (Å²) in [6, 6.07) is 15.2. The van der Waals surface area contributed by atoms with Crippen molar-refractivity contribution in [2.45, 2.75) is 43.8 Å². The number of nitrogens with one attached hydrogen (secondary N) is 1. The van der Waals surface area contributed by atoms with Crippen LogP contribution in [0.3, 0.4) is 0 Å². The second-order valence-electron chi connectivity index (χ2n) is 6.85. The maximum absolute atomic E-state index is 12.6. The smallest absolute Gasteiger partial charge is 0.421 e. The van der Waals surface area contributed by atoms with Crippen molar-refractivity contribution in [3.63, 3.8) is 0 Å². The van der Waals surface area contributed by atoms with Crippen molar-refractivity contribution in [1.29, 1.82) is 0 Å². The molecule has 0 aromatic heterocycles. The molecule has 0 aliphatic heterocycles. The Bertz CT molecular complexity index is 857. The normalized spacial score (nSPS) is 13.1. The first-order chi connectivity index (χ1) is 12.1. The summed E-state index contributed by atoms with van der Waals surface area (Å²) in [6.45, 7) is 4.93. The number of amides is 1. The molecule has 0 saturated carbocycles. The molecule has 0 spiro atoms. The van der Waals surface area contributed by atoms with Crippen LogP contribution in [-0.4, -0.2) is 25.2 Å². The first-order valence-electron chi connectivity index (χ1n) is 8.15. The topological polar surface area (TPSA) is 92.7 Å². The van der Waals surface area contributed by atoms with Gasteiger partial charge in [-0.15, -0.1) is 0 Å². The van der Waals surface area contributed by atoms with Gasteiger partial charge in [-0.1, -0.05) is 48.5 Å². The molecule has 0 saturated heterocycles. The molecule has 1 atom stereocenters. The maximum atomic E-state index is 12.6. The average molecular weight is 377 g/mol. The molecule has 0 radical (unpaired) electrons. The van der Waals surface area contributed by atoms with Crippen molar-refractivity contribution in [3.8, 4) is 0 Å². The number of aliphatic hydroxyl groups excluding tert-OH is 1. The lowest BCUT2D eigenvalue weighted by Gasteiger charge is -2.20. The molecule has 2 aromatic rings. The van der Waals surface area contributed by atoms with E-state index in [4.69, 9.17) is 4.74 Å². The van der Waals surface area contributed by atoms with E-state index in [0.29, 0.717) is 11.1 Å². The molecule has 26 heavy (non-hydrogen) atoms. The van der Waals surface area contributed by atoms with Gasteiger partial charge in [0.1, 0.15) is 5.60 Å². The minimum absolute atomic E-state index is 0.0687. The van der Waals surface area contributed by atoms with Gasteiger partial charge in [0.15, 0.2) is 0 Å². The van der Waals surface area contributed by atoms with Crippen LogP contribution in [0.5, 0.6) is 0 Å². The lowest BCUT2D eigenvalue weighted by atomic mass is 10.0. The van der Waals surface area contributed by atoms with Crippen LogP contribution >= 0.6 is 0 Å². The lowest BCUT2D eigenvalue weighted by Crippen LogP contribution is -2.36. The molecule has 0 fully saturated rings. The maximum Gasteiger partial charge on any atom is 0.421 e. The van der Waals surface area contributed by atoms with Gasteiger partial charge in [-0.2, -0.15) is 0 Å². The predicted molar refractivity (Wildman–Crippen MR) is 98.1 cm³/mol. The Morgan fingerprint density at radius 1 is 1.08 bits per heavy atom. The van der Waals surface area contributed by atoms with Gasteiger partial charge >= 0.3 is 6.09 Å². The summed E-state index contributed by atoms with van der Waals surface area (Å²) in [5.74, 6) is 0. The number of hydrogen-bond donors (Lipinski definition) is 2. The Morgan fingerprint density at radius 2 is 1.65 bits per heavy atom. The van der Waals surface area contributed by atoms with Gasteiger partial charge in [-0.05, 0) is 38.0 Å². The summed E-state index contributed by atoms with van der Waals surface area (Å²) in [5, 5.41) is 10.4. The average Bonchev–Trinajstić information content (AvgIpc) is 2.53. The van der Waals surface area contributed by atoms with Crippen molar-refractivity contribution in [2.75, 3.05) is 0 Å². The Labute approximate surface area is 153 Å². The Balaban J connectivity index is 2.23. The highest BCUT2D eigenvalue weighted by Gasteiger charge is 2.25. The van der Waals surface area contributed by atoms with Crippen molar-refractivity contribution < 1.29 is 23.1 Å². The second-order valence-corrected chi connectivity index (χ2v) is 8.50. The fourth-order valence-corrected chi connectivity index (χ4v) is 3.52. The summed E-state index contributed by atoms with van der Waals surface area (Å²) >= 11 is 0. The van der Waals surface area contributed by atoms with Crippen LogP contribution in [0.15, 0.2) is 59.5 Å². The van der Waals surface area contributed by atoms with Gasteiger partial charge in [0.25, 0.3) is 10.0 Å². The van der Waals surface area contributed by atoms with Gasteiger partial charge in [-0.3, -0.25) is 0 Å². The van der Waals surface area contributed by atoms with E-state index in [1.165, 1.54) is 6.07 Å². The van der Waals surface area contributed by atoms with Gasteiger partial charge in [0.2, 0.25) is 0 Å². The number of carbonyl (C=O) groups is 1. The number of aliphatic hydroxyl groups is 1. The molecular weight excluding hydrogens is 354 g/mol. The zero-order valence-electron chi connectivity index (χ0n) is 15.0. The number of ether oxygens (including phenoxy) is 1. The van der Waals surface area contributed by atoms with E-state index in [-0.39, 0.29) is 11.3 Å². The van der Waals surface area contributed by atoms with Gasteiger partial charge in [-0.25, -0.2) is 17.9 Å². The minimum atomic E-state index is -4.13. The Morgan fingerprint density at radius 3 is 2.27 bits per heavy atom. The van der Waals surface area contributed by atoms with Crippen LogP contribution in [0, 0.1) is 0 Å². The largest absolute Gasteiger partial charge is 0.443 e. The third-order valence-electron chi connectivity index (χ3n) is 3.48. The van der Waals surface area contributed by atoms with E-state index in [9.17, 15) is 18.3 Å². The number of carbonyl (C=O) groups excluding carboxylic acids is 1. The first kappa shape index (κ1) is 19.9. The molecule has 0 aliphatic rings. The highest BCUT2D eigenvalue weighted by molar-refractivity contribution is 7.90. The monoisotopic (exact) mass is 377 g/mol. The van der Waals surface area contributed by atoms with E-state index >= 15 is 0 Å². The standard InChI is InChI=1S/C19H23NO5S/c1-19(2,3)25-18(22)20-26(23,24)17-12-8-7-11-15(17)13-16(21)14-9-5-4-6-10-14/h4-12,16,21H,13H2,1-3H3,(H,20,22). The zero-order chi connectivity index (χ0) is 19.4. The summed E-state index contributed by atoms with van der Waals surface area (Å²) < 4.78 is 32.1. The lowest BCUT2D eigenvalue weighted by molar-refractivity contribution is 0.0570. The summed E-state index contributed by atoms with van der Waals surface area (Å²) in [6.07, 6.45) is -1.82. The molecule has 2 rings (SSSR count). The van der Waals surface area contributed by atoms with Crippen molar-refractivity contribution in [1.82, 2.24) is 4.72 Å². The molecule has 1 amide bonds. The fourth-order valence-electron chi connectivity index (χ4n) is 2.40. The summed E-state index contributed by atoms with van der Waals surface area (Å²) in [5.41, 5.74) is 0.266. The molecule has 2 N–H and O–H groups in total. The Kier molecular flexibility index (Phi) is 6.05. The number of benzene rings is 2. The van der Waals surface area contributed by atoms with Crippen LogP contribution in [-0.2, 0) is 21.2 Å². The van der Waals surface area contributed by atoms with Crippen LogP contribution in [0.1, 0.15) is 38.0 Å². The van der Waals surface area contributed by atoms with Gasteiger partial charge in [0.05, 0.1) is 11.0 Å². The van der Waals surface area contributed by atoms with E-state index in [1.807, 2.05) is 10.8 Å². The highest BCUT2D eigenvalue weighted by atomic mass is 32.2. The minimum Gasteiger partial charge on any atom is -0.443 e. The third-order valence-corrected chi connectivity index (χ3v) is 4.89. The van der Waals surface area contributed by atoms with Crippen molar-refractivity contribution >= 4 is 16.1 Å². The van der Waals surface area contributed by atoms with E-state index < -0.39 is 27.8 Å². The van der Waals surface area contributed by atoms with E-state index in [2.05, 4.69) is 0 Å². The summed E-state index contributed by atoms with van der Waals surface area (Å²) in [7, 11) is -4.13. The van der Waals surface area contributed by atoms with Crippen molar-refractivity contribution in [3.05, 3.63) is 65.7 Å².